The van der Waals surface area contributed by atoms with Crippen molar-refractivity contribution in [2.24, 2.45) is 0 Å². The van der Waals surface area contributed by atoms with Crippen LogP contribution in [0.15, 0.2) is 75.4 Å². The smallest absolute Gasteiger partial charge is 0.155 e. The van der Waals surface area contributed by atoms with E-state index < -0.39 is 0 Å². The van der Waals surface area contributed by atoms with Gasteiger partial charge in [0.2, 0.25) is 0 Å². The van der Waals surface area contributed by atoms with Crippen molar-refractivity contribution >= 4 is 54.5 Å². The van der Waals surface area contributed by atoms with Crippen LogP contribution in [0.3, 0.4) is 0 Å². The second-order valence-corrected chi connectivity index (χ2v) is 16.8. The van der Waals surface area contributed by atoms with Gasteiger partial charge in [-0.3, -0.25) is 0 Å². The molecule has 4 heteroatoms. The molecule has 3 saturated heterocycles. The number of rotatable bonds is 4. The molecule has 7 rings (SSSR count). The summed E-state index contributed by atoms with van der Waals surface area (Å²) in [5, 5.41) is 2.94. The Bertz CT molecular complexity index is 1250. The first kappa shape index (κ1) is 21.8. The van der Waals surface area contributed by atoms with Crippen LogP contribution in [0.2, 0.25) is 0 Å². The molecule has 3 aliphatic heterocycles. The van der Waals surface area contributed by atoms with Crippen molar-refractivity contribution < 1.29 is 0 Å². The maximum absolute atomic E-state index is 2.57. The van der Waals surface area contributed by atoms with Crippen molar-refractivity contribution in [1.82, 2.24) is 4.57 Å². The third kappa shape index (κ3) is 3.81. The third-order valence-corrected chi connectivity index (χ3v) is 15.4. The molecule has 3 aromatic carbocycles. The Hall–Kier alpha value is -1.49. The zero-order valence-electron chi connectivity index (χ0n) is 19.9. The van der Waals surface area contributed by atoms with Crippen LogP contribution in [-0.4, -0.2) is 39.1 Å². The maximum atomic E-state index is 2.57. The predicted molar refractivity (Wildman–Crippen MR) is 155 cm³/mol. The molecule has 34 heavy (non-hydrogen) atoms. The van der Waals surface area contributed by atoms with Gasteiger partial charge in [0.1, 0.15) is 34.5 Å². The van der Waals surface area contributed by atoms with E-state index in [1.54, 1.807) is 14.7 Å². The van der Waals surface area contributed by atoms with E-state index in [1.807, 2.05) is 0 Å². The number of hydrogen-bond acceptors (Lipinski definition) is 0. The first-order valence-electron chi connectivity index (χ1n) is 13.1. The Morgan fingerprint density at radius 1 is 0.441 bits per heavy atom. The van der Waals surface area contributed by atoms with Gasteiger partial charge in [-0.1, -0.05) is 0 Å². The van der Waals surface area contributed by atoms with Gasteiger partial charge in [0.05, 0.1) is 11.0 Å². The Kier molecular flexibility index (Phi) is 5.88. The summed E-state index contributed by atoms with van der Waals surface area (Å²) in [6, 6.07) is 24.5. The monoisotopic (exact) mass is 504 g/mol. The highest BCUT2D eigenvalue weighted by molar-refractivity contribution is 7.97. The number of nitrogens with zero attached hydrogens (tertiary/aromatic N) is 1. The number of hydrogen-bond donors (Lipinski definition) is 0. The average Bonchev–Trinajstić information content (AvgIpc) is 3.70. The molecule has 0 aliphatic carbocycles. The van der Waals surface area contributed by atoms with Crippen LogP contribution >= 0.6 is 0 Å². The van der Waals surface area contributed by atoms with Gasteiger partial charge in [0.25, 0.3) is 0 Å². The van der Waals surface area contributed by atoms with Gasteiger partial charge >= 0.3 is 0 Å². The van der Waals surface area contributed by atoms with Gasteiger partial charge in [0, 0.05) is 61.3 Å². The summed E-state index contributed by atoms with van der Waals surface area (Å²) in [5.74, 6) is 8.35. The van der Waals surface area contributed by atoms with E-state index in [0.717, 1.165) is 0 Å². The lowest BCUT2D eigenvalue weighted by Gasteiger charge is -2.09. The molecule has 4 heterocycles. The van der Waals surface area contributed by atoms with E-state index in [2.05, 4.69) is 65.2 Å². The van der Waals surface area contributed by atoms with Crippen LogP contribution in [0.5, 0.6) is 0 Å². The summed E-state index contributed by atoms with van der Waals surface area (Å²) >= 11 is 0. The van der Waals surface area contributed by atoms with Crippen molar-refractivity contribution in [3.8, 4) is 5.69 Å². The summed E-state index contributed by atoms with van der Waals surface area (Å²) in [6.07, 6.45) is 8.44. The summed E-state index contributed by atoms with van der Waals surface area (Å²) in [6.45, 7) is 0. The van der Waals surface area contributed by atoms with E-state index in [4.69, 9.17) is 0 Å². The molecule has 174 valence electrons. The topological polar surface area (TPSA) is 4.93 Å². The van der Waals surface area contributed by atoms with Gasteiger partial charge in [0.15, 0.2) is 14.7 Å². The van der Waals surface area contributed by atoms with Gasteiger partial charge in [-0.2, -0.15) is 0 Å². The largest absolute Gasteiger partial charge is 0.309 e. The minimum absolute atomic E-state index is 0.456. The summed E-state index contributed by atoms with van der Waals surface area (Å²) in [5.41, 5.74) is 4.08. The minimum Gasteiger partial charge on any atom is -0.309 e. The SMILES string of the molecule is c1cc([S+]2CCCC2)ccc1-n1c2ccc([S+]3CCCC3)cc2c2cc([S+]3CCCC3)ccc21. The normalized spacial score (nSPS) is 20.4. The van der Waals surface area contributed by atoms with E-state index in [0.29, 0.717) is 32.7 Å². The predicted octanol–water partition coefficient (Wildman–Crippen LogP) is 7.10. The van der Waals surface area contributed by atoms with Crippen LogP contribution in [0, 0.1) is 0 Å². The summed E-state index contributed by atoms with van der Waals surface area (Å²) in [4.78, 5) is 4.75. The molecule has 0 saturated carbocycles. The second kappa shape index (κ2) is 9.19. The van der Waals surface area contributed by atoms with Crippen molar-refractivity contribution in [3.63, 3.8) is 0 Å². The maximum Gasteiger partial charge on any atom is 0.155 e. The van der Waals surface area contributed by atoms with E-state index in [9.17, 15) is 0 Å². The number of benzene rings is 3. The molecule has 0 radical (unpaired) electrons. The first-order valence-corrected chi connectivity index (χ1v) is 17.8. The van der Waals surface area contributed by atoms with E-state index in [-0.39, 0.29) is 0 Å². The lowest BCUT2D eigenvalue weighted by atomic mass is 10.1. The molecule has 0 unspecified atom stereocenters. The molecule has 1 nitrogen and oxygen atoms in total. The van der Waals surface area contributed by atoms with E-state index in [1.165, 1.54) is 101 Å². The van der Waals surface area contributed by atoms with Crippen LogP contribution < -0.4 is 0 Å². The molecule has 3 fully saturated rings. The van der Waals surface area contributed by atoms with Crippen molar-refractivity contribution in [3.05, 3.63) is 60.7 Å². The fraction of sp³-hybridized carbons (Fsp3) is 0.400. The standard InChI is InChI=1S/C30H34NS3/c1-2-16-32(15-1)24-9-7-23(8-10-24)31-29-13-11-25(33-17-3-4-18-33)21-27(29)28-22-26(12-14-30(28)31)34-19-5-6-20-34/h7-14,21-22H,1-6,15-20H2/q+3. The van der Waals surface area contributed by atoms with Crippen molar-refractivity contribution in [2.75, 3.05) is 34.5 Å². The second-order valence-electron chi connectivity index (χ2n) is 10.0. The van der Waals surface area contributed by atoms with Crippen LogP contribution in [0.1, 0.15) is 38.5 Å². The molecule has 0 bridgehead atoms. The average molecular weight is 505 g/mol. The fourth-order valence-electron chi connectivity index (χ4n) is 6.08. The number of aromatic nitrogens is 1. The molecule has 0 atom stereocenters. The number of fused-ring (bicyclic) bond motifs is 3. The van der Waals surface area contributed by atoms with Crippen molar-refractivity contribution in [2.45, 2.75) is 53.2 Å². The Labute approximate surface area is 212 Å². The zero-order chi connectivity index (χ0) is 22.5. The zero-order valence-corrected chi connectivity index (χ0v) is 22.4. The Morgan fingerprint density at radius 3 is 1.26 bits per heavy atom. The molecule has 4 aromatic rings. The Morgan fingerprint density at radius 2 is 0.824 bits per heavy atom. The third-order valence-electron chi connectivity index (χ3n) is 7.90. The van der Waals surface area contributed by atoms with Crippen LogP contribution in [-0.2, 0) is 32.7 Å². The lowest BCUT2D eigenvalue weighted by molar-refractivity contribution is 0.949. The summed E-state index contributed by atoms with van der Waals surface area (Å²) < 4.78 is 2.54. The Balaban J connectivity index is 1.38. The highest BCUT2D eigenvalue weighted by atomic mass is 32.2. The van der Waals surface area contributed by atoms with E-state index >= 15 is 0 Å². The fourth-order valence-corrected chi connectivity index (χ4v) is 13.0. The van der Waals surface area contributed by atoms with Crippen molar-refractivity contribution in [1.29, 1.82) is 0 Å². The highest BCUT2D eigenvalue weighted by Gasteiger charge is 2.30. The van der Waals surface area contributed by atoms with Gasteiger partial charge < -0.3 is 4.57 Å². The van der Waals surface area contributed by atoms with Gasteiger partial charge in [-0.05, 0) is 87.1 Å². The molecule has 3 aliphatic rings. The minimum atomic E-state index is 0.456. The molecule has 0 amide bonds. The van der Waals surface area contributed by atoms with Gasteiger partial charge in [-0.25, -0.2) is 0 Å². The quantitative estimate of drug-likeness (QED) is 0.261. The molecule has 0 spiro atoms. The first-order chi connectivity index (χ1) is 16.8. The molecule has 0 N–H and O–H groups in total. The van der Waals surface area contributed by atoms with Gasteiger partial charge in [-0.15, -0.1) is 0 Å². The highest BCUT2D eigenvalue weighted by Crippen LogP contribution is 2.37. The molecular weight excluding hydrogens is 471 g/mol. The lowest BCUT2D eigenvalue weighted by Crippen LogP contribution is -2.04. The molecular formula is C30H34NS3+3. The molecule has 1 aromatic heterocycles. The van der Waals surface area contributed by atoms with Crippen LogP contribution in [0.25, 0.3) is 27.5 Å². The van der Waals surface area contributed by atoms with Crippen LogP contribution in [0.4, 0.5) is 0 Å². The summed E-state index contributed by atoms with van der Waals surface area (Å²) in [7, 11) is 1.40.